The van der Waals surface area contributed by atoms with Gasteiger partial charge < -0.3 is 15.8 Å². The van der Waals surface area contributed by atoms with Gasteiger partial charge in [-0.05, 0) is 51.0 Å². The van der Waals surface area contributed by atoms with Crippen molar-refractivity contribution in [1.82, 2.24) is 9.62 Å². The average Bonchev–Trinajstić information content (AvgIpc) is 2.61. The van der Waals surface area contributed by atoms with Crippen molar-refractivity contribution in [1.29, 1.82) is 0 Å². The van der Waals surface area contributed by atoms with E-state index in [1.54, 1.807) is 12.1 Å². The number of hydrogen-bond donors (Lipinski definition) is 2. The Morgan fingerprint density at radius 2 is 1.84 bits per heavy atom. The molecule has 0 aliphatic carbocycles. The normalized spacial score (nSPS) is 17.3. The summed E-state index contributed by atoms with van der Waals surface area (Å²) in [6, 6.07) is 6.33. The van der Waals surface area contributed by atoms with E-state index in [4.69, 9.17) is 10.5 Å². The van der Waals surface area contributed by atoms with E-state index in [1.165, 1.54) is 23.5 Å². The van der Waals surface area contributed by atoms with Gasteiger partial charge in [-0.3, -0.25) is 4.79 Å². The molecule has 1 aromatic carbocycles. The number of nitrogens with two attached hydrogens (primary N) is 1. The molecular weight excluding hydrogens is 342 g/mol. The van der Waals surface area contributed by atoms with Crippen LogP contribution in [0.15, 0.2) is 29.2 Å². The van der Waals surface area contributed by atoms with E-state index in [1.807, 2.05) is 13.8 Å². The number of methoxy groups -OCH3 is 1. The molecule has 1 aliphatic heterocycles. The van der Waals surface area contributed by atoms with Gasteiger partial charge in [-0.25, -0.2) is 8.42 Å². The molecule has 1 fully saturated rings. The fraction of sp³-hybridized carbons (Fsp3) is 0.588. The van der Waals surface area contributed by atoms with Crippen LogP contribution in [0.1, 0.15) is 26.7 Å². The van der Waals surface area contributed by atoms with E-state index in [2.05, 4.69) is 5.32 Å². The summed E-state index contributed by atoms with van der Waals surface area (Å²) in [6.45, 7) is 4.75. The largest absolute Gasteiger partial charge is 0.497 e. The molecule has 140 valence electrons. The number of carbonyl (C=O) groups is 1. The van der Waals surface area contributed by atoms with Crippen LogP contribution in [-0.4, -0.2) is 50.9 Å². The monoisotopic (exact) mass is 369 g/mol. The number of ether oxygens (including phenoxy) is 1. The van der Waals surface area contributed by atoms with Gasteiger partial charge in [0.1, 0.15) is 5.75 Å². The first-order valence-corrected chi connectivity index (χ1v) is 9.80. The second-order valence-corrected chi connectivity index (χ2v) is 8.87. The van der Waals surface area contributed by atoms with Crippen molar-refractivity contribution < 1.29 is 17.9 Å². The zero-order valence-electron chi connectivity index (χ0n) is 15.0. The van der Waals surface area contributed by atoms with Gasteiger partial charge in [0.05, 0.1) is 12.0 Å². The highest BCUT2D eigenvalue weighted by Crippen LogP contribution is 2.25. The average molecular weight is 369 g/mol. The SMILES string of the molecule is COc1ccc(S(=O)(=O)N2CCC(C(=O)NC(C)(C)CN)CC2)cc1. The standard InChI is InChI=1S/C17H27N3O4S/c1-17(2,12-18)19-16(21)13-8-10-20(11-9-13)25(22,23)15-6-4-14(24-3)5-7-15/h4-7,13H,8-12,18H2,1-3H3,(H,19,21). The number of nitrogens with one attached hydrogen (secondary N) is 1. The first kappa shape index (κ1) is 19.7. The topological polar surface area (TPSA) is 102 Å². The fourth-order valence-electron chi connectivity index (χ4n) is 2.74. The molecule has 25 heavy (non-hydrogen) atoms. The van der Waals surface area contributed by atoms with Gasteiger partial charge >= 0.3 is 0 Å². The van der Waals surface area contributed by atoms with Crippen molar-refractivity contribution in [2.45, 2.75) is 37.1 Å². The Morgan fingerprint density at radius 1 is 1.28 bits per heavy atom. The van der Waals surface area contributed by atoms with Gasteiger partial charge in [-0.2, -0.15) is 4.31 Å². The molecule has 7 nitrogen and oxygen atoms in total. The maximum absolute atomic E-state index is 12.7. The summed E-state index contributed by atoms with van der Waals surface area (Å²) in [5.74, 6) is 0.363. The molecule has 1 heterocycles. The van der Waals surface area contributed by atoms with Crippen molar-refractivity contribution in [2.24, 2.45) is 11.7 Å². The third-order valence-electron chi connectivity index (χ3n) is 4.49. The molecule has 0 spiro atoms. The molecule has 1 amide bonds. The van der Waals surface area contributed by atoms with E-state index in [0.29, 0.717) is 38.2 Å². The quantitative estimate of drug-likeness (QED) is 0.777. The highest BCUT2D eigenvalue weighted by Gasteiger charge is 2.33. The summed E-state index contributed by atoms with van der Waals surface area (Å²) in [7, 11) is -2.02. The van der Waals surface area contributed by atoms with Crippen LogP contribution < -0.4 is 15.8 Å². The molecule has 3 N–H and O–H groups in total. The molecule has 1 saturated heterocycles. The second-order valence-electron chi connectivity index (χ2n) is 6.93. The van der Waals surface area contributed by atoms with Crippen LogP contribution in [-0.2, 0) is 14.8 Å². The number of piperidine rings is 1. The zero-order chi connectivity index (χ0) is 18.7. The molecule has 0 unspecified atom stereocenters. The number of sulfonamides is 1. The highest BCUT2D eigenvalue weighted by atomic mass is 32.2. The molecular formula is C17H27N3O4S. The van der Waals surface area contributed by atoms with Crippen LogP contribution in [0, 0.1) is 5.92 Å². The zero-order valence-corrected chi connectivity index (χ0v) is 15.8. The Bertz CT molecular complexity index is 693. The summed E-state index contributed by atoms with van der Waals surface area (Å²) in [5.41, 5.74) is 5.18. The van der Waals surface area contributed by atoms with Gasteiger partial charge in [0.15, 0.2) is 0 Å². The lowest BCUT2D eigenvalue weighted by Gasteiger charge is -2.33. The number of rotatable bonds is 6. The molecule has 0 aromatic heterocycles. The number of carbonyl (C=O) groups excluding carboxylic acids is 1. The number of benzene rings is 1. The van der Waals surface area contributed by atoms with E-state index in [0.717, 1.165) is 0 Å². The minimum atomic E-state index is -3.55. The highest BCUT2D eigenvalue weighted by molar-refractivity contribution is 7.89. The number of amides is 1. The molecule has 0 atom stereocenters. The van der Waals surface area contributed by atoms with Crippen molar-refractivity contribution in [2.75, 3.05) is 26.7 Å². The van der Waals surface area contributed by atoms with Crippen molar-refractivity contribution in [3.8, 4) is 5.75 Å². The Morgan fingerprint density at radius 3 is 2.32 bits per heavy atom. The number of hydrogen-bond acceptors (Lipinski definition) is 5. The van der Waals surface area contributed by atoms with Gasteiger partial charge in [-0.1, -0.05) is 0 Å². The smallest absolute Gasteiger partial charge is 0.243 e. The Hall–Kier alpha value is -1.64. The molecule has 8 heteroatoms. The van der Waals surface area contributed by atoms with E-state index in [-0.39, 0.29) is 16.7 Å². The molecule has 0 radical (unpaired) electrons. The van der Waals surface area contributed by atoms with Crippen LogP contribution in [0.5, 0.6) is 5.75 Å². The van der Waals surface area contributed by atoms with Crippen LogP contribution in [0.25, 0.3) is 0 Å². The lowest BCUT2D eigenvalue weighted by atomic mass is 9.95. The Kier molecular flexibility index (Phi) is 6.08. The van der Waals surface area contributed by atoms with Gasteiger partial charge in [0.2, 0.25) is 15.9 Å². The molecule has 0 bridgehead atoms. The summed E-state index contributed by atoms with van der Waals surface area (Å²) in [6.07, 6.45) is 1.00. The van der Waals surface area contributed by atoms with Crippen molar-refractivity contribution in [3.05, 3.63) is 24.3 Å². The Labute approximate surface area is 149 Å². The molecule has 0 saturated carbocycles. The Balaban J connectivity index is 1.99. The minimum Gasteiger partial charge on any atom is -0.497 e. The fourth-order valence-corrected chi connectivity index (χ4v) is 4.21. The predicted molar refractivity (Wildman–Crippen MR) is 95.8 cm³/mol. The first-order chi connectivity index (χ1) is 11.7. The van der Waals surface area contributed by atoms with E-state index in [9.17, 15) is 13.2 Å². The molecule has 1 aliphatic rings. The first-order valence-electron chi connectivity index (χ1n) is 8.36. The van der Waals surface area contributed by atoms with Crippen LogP contribution in [0.4, 0.5) is 0 Å². The van der Waals surface area contributed by atoms with Crippen LogP contribution >= 0.6 is 0 Å². The van der Waals surface area contributed by atoms with Crippen molar-refractivity contribution in [3.63, 3.8) is 0 Å². The maximum Gasteiger partial charge on any atom is 0.243 e. The molecule has 1 aromatic rings. The second kappa shape index (κ2) is 7.72. The predicted octanol–water partition coefficient (Wildman–Crippen LogP) is 0.949. The number of nitrogens with zero attached hydrogens (tertiary/aromatic N) is 1. The van der Waals surface area contributed by atoms with Gasteiger partial charge in [0.25, 0.3) is 0 Å². The summed E-state index contributed by atoms with van der Waals surface area (Å²) >= 11 is 0. The van der Waals surface area contributed by atoms with Gasteiger partial charge in [-0.15, -0.1) is 0 Å². The minimum absolute atomic E-state index is 0.0584. The lowest BCUT2D eigenvalue weighted by Crippen LogP contribution is -2.52. The summed E-state index contributed by atoms with van der Waals surface area (Å²) in [4.78, 5) is 12.6. The van der Waals surface area contributed by atoms with Gasteiger partial charge in [0, 0.05) is 31.1 Å². The maximum atomic E-state index is 12.7. The van der Waals surface area contributed by atoms with Crippen LogP contribution in [0.3, 0.4) is 0 Å². The van der Waals surface area contributed by atoms with Crippen LogP contribution in [0.2, 0.25) is 0 Å². The van der Waals surface area contributed by atoms with E-state index < -0.39 is 15.6 Å². The lowest BCUT2D eigenvalue weighted by molar-refractivity contribution is -0.127. The summed E-state index contributed by atoms with van der Waals surface area (Å²) < 4.78 is 31.9. The molecule has 2 rings (SSSR count). The van der Waals surface area contributed by atoms with Crippen molar-refractivity contribution >= 4 is 15.9 Å². The summed E-state index contributed by atoms with van der Waals surface area (Å²) in [5, 5.41) is 2.93. The van der Waals surface area contributed by atoms with E-state index >= 15 is 0 Å². The third kappa shape index (κ3) is 4.71. The third-order valence-corrected chi connectivity index (χ3v) is 6.41.